The Morgan fingerprint density at radius 2 is 1.26 bits per heavy atom. The Bertz CT molecular complexity index is 643. The first-order valence-electron chi connectivity index (χ1n) is 11.0. The molecule has 27 heavy (non-hydrogen) atoms. The van der Waals surface area contributed by atoms with Gasteiger partial charge in [-0.3, -0.25) is 0 Å². The number of hydrogen-bond acceptors (Lipinski definition) is 0. The summed E-state index contributed by atoms with van der Waals surface area (Å²) in [6, 6.07) is 6.65. The monoisotopic (exact) mass is 368 g/mol. The molecule has 0 aromatic carbocycles. The number of aryl methyl sites for hydroxylation is 5. The highest BCUT2D eigenvalue weighted by atomic mass is 14.9. The summed E-state index contributed by atoms with van der Waals surface area (Å²) < 4.78 is 4.51. The first-order valence-corrected chi connectivity index (χ1v) is 11.0. The van der Waals surface area contributed by atoms with Gasteiger partial charge in [0, 0.05) is 29.2 Å². The third-order valence-electron chi connectivity index (χ3n) is 5.33. The van der Waals surface area contributed by atoms with Gasteiger partial charge in [-0.25, -0.2) is 9.13 Å². The molecule has 0 N–H and O–H groups in total. The predicted molar refractivity (Wildman–Crippen MR) is 114 cm³/mol. The molecule has 0 saturated carbocycles. The minimum absolute atomic E-state index is 1.17. The van der Waals surface area contributed by atoms with Crippen LogP contribution in [0.1, 0.15) is 80.9 Å². The van der Waals surface area contributed by atoms with E-state index in [1.165, 1.54) is 93.9 Å². The van der Waals surface area contributed by atoms with Crippen molar-refractivity contribution < 1.29 is 9.13 Å². The molecule has 0 amide bonds. The Labute approximate surface area is 167 Å². The topological polar surface area (TPSA) is 7.76 Å². The van der Waals surface area contributed by atoms with Crippen LogP contribution in [0.15, 0.2) is 43.0 Å². The third kappa shape index (κ3) is 9.70. The first-order chi connectivity index (χ1) is 13.1. The molecule has 148 valence electrons. The molecule has 0 unspecified atom stereocenters. The lowest BCUT2D eigenvalue weighted by Crippen LogP contribution is -2.33. The number of unbranched alkanes of at least 4 members (excludes halogenated alkanes) is 9. The normalized spacial score (nSPS) is 11.1. The average Bonchev–Trinajstić information content (AvgIpc) is 2.62. The van der Waals surface area contributed by atoms with Gasteiger partial charge >= 0.3 is 0 Å². The fraction of sp³-hybridized carbons (Fsp3) is 0.600. The van der Waals surface area contributed by atoms with Crippen molar-refractivity contribution in [3.05, 3.63) is 59.7 Å². The van der Waals surface area contributed by atoms with E-state index < -0.39 is 0 Å². The molecule has 0 radical (unpaired) electrons. The Kier molecular flexibility index (Phi) is 10.1. The van der Waals surface area contributed by atoms with Crippen molar-refractivity contribution in [1.82, 2.24) is 0 Å². The Morgan fingerprint density at radius 3 is 1.85 bits per heavy atom. The molecular formula is C25H40N2+2. The van der Waals surface area contributed by atoms with Gasteiger partial charge in [-0.05, 0) is 45.2 Å². The minimum Gasteiger partial charge on any atom is -0.208 e. The lowest BCUT2D eigenvalue weighted by molar-refractivity contribution is -0.698. The van der Waals surface area contributed by atoms with Crippen LogP contribution in [-0.4, -0.2) is 0 Å². The summed E-state index contributed by atoms with van der Waals surface area (Å²) in [5.74, 6) is 0. The average molecular weight is 369 g/mol. The summed E-state index contributed by atoms with van der Waals surface area (Å²) in [5.41, 5.74) is 4.21. The third-order valence-corrected chi connectivity index (χ3v) is 5.33. The van der Waals surface area contributed by atoms with E-state index in [-0.39, 0.29) is 0 Å². The fourth-order valence-electron chi connectivity index (χ4n) is 3.96. The summed E-state index contributed by atoms with van der Waals surface area (Å²) in [6.45, 7) is 5.54. The molecule has 2 heteroatoms. The van der Waals surface area contributed by atoms with E-state index in [2.05, 4.69) is 73.0 Å². The summed E-state index contributed by atoms with van der Waals surface area (Å²) >= 11 is 0. The number of rotatable bonds is 13. The van der Waals surface area contributed by atoms with E-state index in [0.29, 0.717) is 0 Å². The highest BCUT2D eigenvalue weighted by Gasteiger charge is 2.03. The second kappa shape index (κ2) is 12.6. The zero-order valence-corrected chi connectivity index (χ0v) is 17.9. The van der Waals surface area contributed by atoms with Gasteiger partial charge in [0.1, 0.15) is 13.6 Å². The number of pyridine rings is 2. The van der Waals surface area contributed by atoms with Crippen molar-refractivity contribution in [3.8, 4) is 0 Å². The van der Waals surface area contributed by atoms with E-state index in [9.17, 15) is 0 Å². The van der Waals surface area contributed by atoms with Crippen molar-refractivity contribution in [3.63, 3.8) is 0 Å². The van der Waals surface area contributed by atoms with Gasteiger partial charge in [0.2, 0.25) is 0 Å². The maximum absolute atomic E-state index is 2.36. The van der Waals surface area contributed by atoms with Crippen LogP contribution < -0.4 is 9.13 Å². The Hall–Kier alpha value is -1.70. The SMILES string of the molecule is Cc1cc(C)c[n+](CCCCCCCCCCCCc2ccc[n+](C)c2)c1. The summed E-state index contributed by atoms with van der Waals surface area (Å²) in [6.07, 6.45) is 24.0. The number of aromatic nitrogens is 2. The molecule has 2 aromatic rings. The van der Waals surface area contributed by atoms with Gasteiger partial charge in [0.05, 0.1) is 0 Å². The Morgan fingerprint density at radius 1 is 0.704 bits per heavy atom. The smallest absolute Gasteiger partial charge is 0.171 e. The molecule has 0 aliphatic rings. The van der Waals surface area contributed by atoms with Crippen LogP contribution in [0.3, 0.4) is 0 Å². The van der Waals surface area contributed by atoms with E-state index in [1.54, 1.807) is 0 Å². The van der Waals surface area contributed by atoms with Crippen molar-refractivity contribution in [1.29, 1.82) is 0 Å². The largest absolute Gasteiger partial charge is 0.208 e. The van der Waals surface area contributed by atoms with Crippen LogP contribution in [0.2, 0.25) is 0 Å². The second-order valence-electron chi connectivity index (χ2n) is 8.29. The lowest BCUT2D eigenvalue weighted by atomic mass is 10.0. The lowest BCUT2D eigenvalue weighted by Gasteiger charge is -2.03. The van der Waals surface area contributed by atoms with Gasteiger partial charge in [-0.15, -0.1) is 0 Å². The highest BCUT2D eigenvalue weighted by Crippen LogP contribution is 2.12. The molecule has 0 saturated heterocycles. The molecule has 0 aliphatic heterocycles. The van der Waals surface area contributed by atoms with Gasteiger partial charge in [-0.1, -0.05) is 44.9 Å². The van der Waals surface area contributed by atoms with Crippen LogP contribution in [0.4, 0.5) is 0 Å². The predicted octanol–water partition coefficient (Wildman–Crippen LogP) is 5.56. The van der Waals surface area contributed by atoms with E-state index in [4.69, 9.17) is 0 Å². The zero-order valence-electron chi connectivity index (χ0n) is 17.9. The summed E-state index contributed by atoms with van der Waals surface area (Å²) in [4.78, 5) is 0. The molecule has 2 rings (SSSR count). The Balaban J connectivity index is 1.38. The molecule has 0 bridgehead atoms. The van der Waals surface area contributed by atoms with Gasteiger partial charge in [0.15, 0.2) is 24.8 Å². The molecule has 0 atom stereocenters. The zero-order chi connectivity index (χ0) is 19.3. The molecular weight excluding hydrogens is 328 g/mol. The van der Waals surface area contributed by atoms with Crippen LogP contribution >= 0.6 is 0 Å². The van der Waals surface area contributed by atoms with Gasteiger partial charge in [0.25, 0.3) is 0 Å². The van der Waals surface area contributed by atoms with Crippen molar-refractivity contribution in [2.45, 2.75) is 91.0 Å². The van der Waals surface area contributed by atoms with Gasteiger partial charge < -0.3 is 0 Å². The molecule has 0 aliphatic carbocycles. The van der Waals surface area contributed by atoms with Crippen molar-refractivity contribution in [2.75, 3.05) is 0 Å². The maximum atomic E-state index is 2.36. The maximum Gasteiger partial charge on any atom is 0.171 e. The molecule has 2 nitrogen and oxygen atoms in total. The van der Waals surface area contributed by atoms with Crippen LogP contribution in [-0.2, 0) is 20.0 Å². The quantitative estimate of drug-likeness (QED) is 0.323. The fourth-order valence-corrected chi connectivity index (χ4v) is 3.96. The van der Waals surface area contributed by atoms with Crippen LogP contribution in [0, 0.1) is 13.8 Å². The number of nitrogens with zero attached hydrogens (tertiary/aromatic N) is 2. The first kappa shape index (κ1) is 21.6. The van der Waals surface area contributed by atoms with Crippen LogP contribution in [0.5, 0.6) is 0 Å². The van der Waals surface area contributed by atoms with Crippen molar-refractivity contribution in [2.24, 2.45) is 7.05 Å². The van der Waals surface area contributed by atoms with Gasteiger partial charge in [-0.2, -0.15) is 0 Å². The minimum atomic E-state index is 1.17. The highest BCUT2D eigenvalue weighted by molar-refractivity contribution is 5.11. The molecule has 0 spiro atoms. The van der Waals surface area contributed by atoms with E-state index >= 15 is 0 Å². The summed E-state index contributed by atoms with van der Waals surface area (Å²) in [7, 11) is 2.10. The van der Waals surface area contributed by atoms with E-state index in [1.807, 2.05) is 0 Å². The van der Waals surface area contributed by atoms with Crippen molar-refractivity contribution >= 4 is 0 Å². The van der Waals surface area contributed by atoms with E-state index in [0.717, 1.165) is 0 Å². The standard InChI is InChI=1S/C25H40N2/c1-23-19-24(2)21-27(20-23)18-13-11-9-7-5-4-6-8-10-12-15-25-16-14-17-26(3)22-25/h14,16-17,19-22H,4-13,15,18H2,1-3H3/q+2. The molecule has 2 heterocycles. The molecule has 0 fully saturated rings. The molecule has 2 aromatic heterocycles. The summed E-state index contributed by atoms with van der Waals surface area (Å²) in [5, 5.41) is 0. The van der Waals surface area contributed by atoms with Crippen LogP contribution in [0.25, 0.3) is 0 Å². The second-order valence-corrected chi connectivity index (χ2v) is 8.29. The number of hydrogen-bond donors (Lipinski definition) is 0.